The Morgan fingerprint density at radius 2 is 2.11 bits per heavy atom. The van der Waals surface area contributed by atoms with E-state index in [0.29, 0.717) is 46.8 Å². The van der Waals surface area contributed by atoms with Crippen molar-refractivity contribution < 1.29 is 22.9 Å². The highest BCUT2D eigenvalue weighted by molar-refractivity contribution is 7.86. The summed E-state index contributed by atoms with van der Waals surface area (Å²) in [5, 5.41) is 0. The molecule has 2 bridgehead atoms. The molecule has 3 atom stereocenters. The summed E-state index contributed by atoms with van der Waals surface area (Å²) in [6.45, 7) is 5.98. The molecule has 4 heterocycles. The normalized spacial score (nSPS) is 29.6. The molecule has 2 aromatic rings. The molecular formula is C28H31FN2O4S. The Hall–Kier alpha value is -2.71. The standard InChI is InChI=1S/C28H31FN2O4S/c1-28-14-22(28)21-6-7-23(25(27(32)34-2)26(21)35-16-28)30-36(33)24-8-5-20(29)13-18(24)3-4-19-15-31-11-9-17(19)10-12-31/h4-8,13,17,22,30H,3,9-12,14-16H2,1-2H3. The third-order valence-electron chi connectivity index (χ3n) is 8.38. The molecule has 7 rings (SSSR count). The molecule has 4 aliphatic heterocycles. The van der Waals surface area contributed by atoms with Crippen molar-refractivity contribution in [1.29, 1.82) is 0 Å². The molecule has 2 aromatic carbocycles. The second-order valence-corrected chi connectivity index (χ2v) is 11.9. The maximum absolute atomic E-state index is 14.2. The Balaban J connectivity index is 1.29. The van der Waals surface area contributed by atoms with E-state index < -0.39 is 17.0 Å². The zero-order valence-electron chi connectivity index (χ0n) is 20.6. The van der Waals surface area contributed by atoms with Gasteiger partial charge in [-0.3, -0.25) is 4.90 Å². The largest absolute Gasteiger partial charge is 0.492 e. The Bertz CT molecular complexity index is 1290. The number of piperidine rings is 3. The molecule has 1 saturated carbocycles. The number of nitrogens with zero attached hydrogens (tertiary/aromatic N) is 1. The lowest BCUT2D eigenvalue weighted by atomic mass is 9.83. The Morgan fingerprint density at radius 1 is 1.31 bits per heavy atom. The number of anilines is 1. The maximum atomic E-state index is 14.2. The van der Waals surface area contributed by atoms with E-state index in [1.54, 1.807) is 12.1 Å². The molecule has 0 amide bonds. The Kier molecular flexibility index (Phi) is 5.91. The number of halogens is 1. The molecule has 3 saturated heterocycles. The minimum absolute atomic E-state index is 0.116. The second kappa shape index (κ2) is 8.99. The monoisotopic (exact) mass is 510 g/mol. The molecule has 36 heavy (non-hydrogen) atoms. The van der Waals surface area contributed by atoms with E-state index >= 15 is 0 Å². The summed E-state index contributed by atoms with van der Waals surface area (Å²) in [4.78, 5) is 15.7. The third kappa shape index (κ3) is 4.14. The van der Waals surface area contributed by atoms with Gasteiger partial charge in [0.25, 0.3) is 0 Å². The highest BCUT2D eigenvalue weighted by Crippen LogP contribution is 2.64. The van der Waals surface area contributed by atoms with Crippen LogP contribution in [0, 0.1) is 17.2 Å². The van der Waals surface area contributed by atoms with Gasteiger partial charge in [0.05, 0.1) is 24.3 Å². The zero-order valence-corrected chi connectivity index (χ0v) is 21.5. The second-order valence-electron chi connectivity index (χ2n) is 10.8. The van der Waals surface area contributed by atoms with Gasteiger partial charge in [-0.05, 0) is 86.0 Å². The lowest BCUT2D eigenvalue weighted by molar-refractivity contribution is 0.0594. The van der Waals surface area contributed by atoms with Gasteiger partial charge in [0.15, 0.2) is 11.0 Å². The number of esters is 1. The fourth-order valence-corrected chi connectivity index (χ4v) is 7.12. The first-order valence-electron chi connectivity index (χ1n) is 12.6. The van der Waals surface area contributed by atoms with Gasteiger partial charge in [-0.15, -0.1) is 0 Å². The number of allylic oxidation sites excluding steroid dienone is 1. The number of hydrogen-bond acceptors (Lipinski definition) is 5. The van der Waals surface area contributed by atoms with Crippen LogP contribution in [0.4, 0.5) is 10.1 Å². The highest BCUT2D eigenvalue weighted by atomic mass is 32.2. The van der Waals surface area contributed by atoms with Crippen molar-refractivity contribution in [2.45, 2.75) is 43.4 Å². The van der Waals surface area contributed by atoms with Crippen molar-refractivity contribution in [3.63, 3.8) is 0 Å². The van der Waals surface area contributed by atoms with E-state index in [1.807, 2.05) is 6.07 Å². The molecule has 1 aliphatic carbocycles. The first-order valence-corrected chi connectivity index (χ1v) is 13.8. The molecule has 5 aliphatic rings. The Morgan fingerprint density at radius 3 is 2.83 bits per heavy atom. The number of carbonyl (C=O) groups excluding carboxylic acids is 1. The van der Waals surface area contributed by atoms with E-state index in [9.17, 15) is 13.4 Å². The van der Waals surface area contributed by atoms with Gasteiger partial charge in [0.2, 0.25) is 0 Å². The molecule has 8 heteroatoms. The molecule has 4 fully saturated rings. The Labute approximate surface area is 213 Å². The van der Waals surface area contributed by atoms with Gasteiger partial charge in [0.1, 0.15) is 17.1 Å². The summed E-state index contributed by atoms with van der Waals surface area (Å²) in [7, 11) is -0.392. The van der Waals surface area contributed by atoms with Gasteiger partial charge in [-0.1, -0.05) is 24.6 Å². The van der Waals surface area contributed by atoms with Crippen molar-refractivity contribution in [3.8, 4) is 5.75 Å². The summed E-state index contributed by atoms with van der Waals surface area (Å²) in [5.74, 6) is 0.564. The molecule has 0 spiro atoms. The van der Waals surface area contributed by atoms with Crippen LogP contribution in [0.25, 0.3) is 0 Å². The number of nitrogens with one attached hydrogen (secondary N) is 1. The van der Waals surface area contributed by atoms with Crippen LogP contribution in [0.5, 0.6) is 5.75 Å². The summed E-state index contributed by atoms with van der Waals surface area (Å²) < 4.78 is 41.8. The number of rotatable bonds is 6. The van der Waals surface area contributed by atoms with Crippen molar-refractivity contribution in [2.24, 2.45) is 11.3 Å². The zero-order chi connectivity index (χ0) is 25.0. The SMILES string of the molecule is COC(=O)c1c(NS(=O)c2ccc(F)cc2CC=C2CN3CCC2CC3)ccc2c1OCC1(C)CC21. The fraction of sp³-hybridized carbons (Fsp3) is 0.464. The van der Waals surface area contributed by atoms with Crippen LogP contribution >= 0.6 is 0 Å². The summed E-state index contributed by atoms with van der Waals surface area (Å²) >= 11 is 0. The van der Waals surface area contributed by atoms with Gasteiger partial charge in [-0.25, -0.2) is 13.4 Å². The van der Waals surface area contributed by atoms with E-state index in [0.717, 1.165) is 31.6 Å². The van der Waals surface area contributed by atoms with Crippen LogP contribution < -0.4 is 9.46 Å². The maximum Gasteiger partial charge on any atom is 0.343 e. The molecule has 0 aromatic heterocycles. The van der Waals surface area contributed by atoms with Gasteiger partial charge in [0, 0.05) is 12.0 Å². The van der Waals surface area contributed by atoms with Crippen LogP contribution in [0.1, 0.15) is 53.6 Å². The summed E-state index contributed by atoms with van der Waals surface area (Å²) in [6, 6.07) is 8.06. The highest BCUT2D eigenvalue weighted by Gasteiger charge is 2.55. The van der Waals surface area contributed by atoms with Gasteiger partial charge < -0.3 is 14.2 Å². The molecule has 6 nitrogen and oxygen atoms in total. The predicted molar refractivity (Wildman–Crippen MR) is 136 cm³/mol. The van der Waals surface area contributed by atoms with E-state index in [4.69, 9.17) is 9.47 Å². The van der Waals surface area contributed by atoms with E-state index in [-0.39, 0.29) is 16.8 Å². The van der Waals surface area contributed by atoms with Crippen molar-refractivity contribution in [2.75, 3.05) is 38.1 Å². The molecule has 1 N–H and O–H groups in total. The average molecular weight is 511 g/mol. The molecular weight excluding hydrogens is 479 g/mol. The molecule has 3 unspecified atom stereocenters. The van der Waals surface area contributed by atoms with Crippen molar-refractivity contribution >= 4 is 22.6 Å². The molecule has 0 radical (unpaired) electrons. The molecule has 190 valence electrons. The first-order chi connectivity index (χ1) is 17.4. The van der Waals surface area contributed by atoms with Gasteiger partial charge in [-0.2, -0.15) is 0 Å². The number of carbonyl (C=O) groups is 1. The van der Waals surface area contributed by atoms with Gasteiger partial charge >= 0.3 is 5.97 Å². The first kappa shape index (κ1) is 23.7. The number of fused-ring (bicyclic) bond motifs is 6. The smallest absolute Gasteiger partial charge is 0.343 e. The fourth-order valence-electron chi connectivity index (χ4n) is 6.07. The summed E-state index contributed by atoms with van der Waals surface area (Å²) in [5.41, 5.74) is 3.82. The van der Waals surface area contributed by atoms with Crippen LogP contribution in [-0.2, 0) is 22.1 Å². The number of methoxy groups -OCH3 is 1. The quantitative estimate of drug-likeness (QED) is 0.446. The van der Waals surface area contributed by atoms with Crippen LogP contribution in [-0.4, -0.2) is 48.4 Å². The number of hydrogen-bond donors (Lipinski definition) is 1. The minimum atomic E-state index is -1.72. The van der Waals surface area contributed by atoms with E-state index in [2.05, 4.69) is 22.6 Å². The van der Waals surface area contributed by atoms with Crippen LogP contribution in [0.15, 0.2) is 46.9 Å². The number of ether oxygens (including phenoxy) is 2. The van der Waals surface area contributed by atoms with Crippen molar-refractivity contribution in [3.05, 3.63) is 64.5 Å². The lowest BCUT2D eigenvalue weighted by Crippen LogP contribution is -2.43. The average Bonchev–Trinajstić information content (AvgIpc) is 3.59. The number of benzene rings is 2. The predicted octanol–water partition coefficient (Wildman–Crippen LogP) is 4.83. The minimum Gasteiger partial charge on any atom is -0.492 e. The third-order valence-corrected chi connectivity index (χ3v) is 9.58. The topological polar surface area (TPSA) is 67.9 Å². The lowest BCUT2D eigenvalue weighted by Gasteiger charge is -2.41. The van der Waals surface area contributed by atoms with E-state index in [1.165, 1.54) is 37.7 Å². The van der Waals surface area contributed by atoms with Crippen molar-refractivity contribution in [1.82, 2.24) is 4.90 Å². The summed E-state index contributed by atoms with van der Waals surface area (Å²) in [6.07, 6.45) is 6.06. The van der Waals surface area contributed by atoms with Crippen LogP contribution in [0.3, 0.4) is 0 Å². The van der Waals surface area contributed by atoms with Crippen LogP contribution in [0.2, 0.25) is 0 Å².